The van der Waals surface area contributed by atoms with Gasteiger partial charge in [0.25, 0.3) is 0 Å². The molecule has 96 valence electrons. The van der Waals surface area contributed by atoms with E-state index in [1.54, 1.807) is 14.2 Å². The fraction of sp³-hybridized carbons (Fsp3) is 0.400. The van der Waals surface area contributed by atoms with Crippen LogP contribution in [-0.4, -0.2) is 20.0 Å². The monoisotopic (exact) mass is 246 g/mol. The van der Waals surface area contributed by atoms with Gasteiger partial charge >= 0.3 is 0 Å². The van der Waals surface area contributed by atoms with E-state index in [2.05, 4.69) is 0 Å². The molecule has 0 bridgehead atoms. The van der Waals surface area contributed by atoms with E-state index in [1.165, 1.54) is 0 Å². The number of benzene rings is 1. The number of hydrogen-bond acceptors (Lipinski definition) is 3. The minimum Gasteiger partial charge on any atom is -0.496 e. The van der Waals surface area contributed by atoms with Gasteiger partial charge in [0, 0.05) is 6.42 Å². The summed E-state index contributed by atoms with van der Waals surface area (Å²) in [7, 11) is 3.25. The first kappa shape index (κ1) is 12.7. The van der Waals surface area contributed by atoms with Gasteiger partial charge in [-0.05, 0) is 43.0 Å². The van der Waals surface area contributed by atoms with Crippen molar-refractivity contribution in [2.24, 2.45) is 0 Å². The van der Waals surface area contributed by atoms with Crippen LogP contribution in [0.15, 0.2) is 23.8 Å². The highest BCUT2D eigenvalue weighted by atomic mass is 16.5. The molecule has 0 spiro atoms. The van der Waals surface area contributed by atoms with E-state index in [9.17, 15) is 4.79 Å². The van der Waals surface area contributed by atoms with Gasteiger partial charge in [0.2, 0.25) is 0 Å². The van der Waals surface area contributed by atoms with Gasteiger partial charge in [-0.1, -0.05) is 6.07 Å². The minimum absolute atomic E-state index is 0.245. The second kappa shape index (κ2) is 5.71. The van der Waals surface area contributed by atoms with Crippen molar-refractivity contribution in [2.75, 3.05) is 14.2 Å². The summed E-state index contributed by atoms with van der Waals surface area (Å²) < 4.78 is 10.7. The van der Waals surface area contributed by atoms with Gasteiger partial charge in [-0.25, -0.2) is 0 Å². The van der Waals surface area contributed by atoms with Crippen molar-refractivity contribution in [3.63, 3.8) is 0 Å². The molecule has 0 heterocycles. The van der Waals surface area contributed by atoms with Crippen molar-refractivity contribution in [1.82, 2.24) is 0 Å². The second-order valence-corrected chi connectivity index (χ2v) is 4.38. The molecule has 18 heavy (non-hydrogen) atoms. The number of allylic oxidation sites excluding steroid dienone is 1. The van der Waals surface area contributed by atoms with Crippen LogP contribution in [0.3, 0.4) is 0 Å². The lowest BCUT2D eigenvalue weighted by Crippen LogP contribution is -2.08. The topological polar surface area (TPSA) is 35.5 Å². The molecule has 1 saturated carbocycles. The van der Waals surface area contributed by atoms with Crippen LogP contribution in [0.5, 0.6) is 11.5 Å². The van der Waals surface area contributed by atoms with Crippen molar-refractivity contribution in [3.05, 3.63) is 29.3 Å². The lowest BCUT2D eigenvalue weighted by atomic mass is 9.92. The van der Waals surface area contributed by atoms with Gasteiger partial charge < -0.3 is 9.47 Å². The second-order valence-electron chi connectivity index (χ2n) is 4.38. The molecule has 1 aromatic carbocycles. The largest absolute Gasteiger partial charge is 0.496 e. The molecule has 0 atom stereocenters. The van der Waals surface area contributed by atoms with Crippen molar-refractivity contribution < 1.29 is 14.3 Å². The molecule has 1 fully saturated rings. The lowest BCUT2D eigenvalue weighted by Gasteiger charge is -2.15. The van der Waals surface area contributed by atoms with Crippen LogP contribution in [0.4, 0.5) is 0 Å². The Labute approximate surface area is 107 Å². The average molecular weight is 246 g/mol. The molecule has 2 rings (SSSR count). The smallest absolute Gasteiger partial charge is 0.158 e. The number of rotatable bonds is 3. The number of ketones is 1. The van der Waals surface area contributed by atoms with E-state index in [1.807, 2.05) is 24.3 Å². The molecule has 3 heteroatoms. The highest BCUT2D eigenvalue weighted by Gasteiger charge is 2.17. The molecular weight excluding hydrogens is 228 g/mol. The highest BCUT2D eigenvalue weighted by Crippen LogP contribution is 2.32. The van der Waals surface area contributed by atoms with Crippen LogP contribution in [0.25, 0.3) is 6.08 Å². The summed E-state index contributed by atoms with van der Waals surface area (Å²) in [6.07, 6.45) is 5.50. The van der Waals surface area contributed by atoms with Gasteiger partial charge in [0.15, 0.2) is 5.78 Å². The summed E-state index contributed by atoms with van der Waals surface area (Å²) in [5.41, 5.74) is 1.73. The number of carbonyl (C=O) groups is 1. The zero-order chi connectivity index (χ0) is 13.0. The molecule has 1 aliphatic rings. The van der Waals surface area contributed by atoms with E-state index < -0.39 is 0 Å². The van der Waals surface area contributed by atoms with Gasteiger partial charge in [-0.2, -0.15) is 0 Å². The van der Waals surface area contributed by atoms with Gasteiger partial charge in [0.1, 0.15) is 11.5 Å². The quantitative estimate of drug-likeness (QED) is 0.768. The third-order valence-corrected chi connectivity index (χ3v) is 3.24. The maximum Gasteiger partial charge on any atom is 0.158 e. The van der Waals surface area contributed by atoms with Crippen molar-refractivity contribution >= 4 is 11.9 Å². The van der Waals surface area contributed by atoms with Crippen molar-refractivity contribution in [2.45, 2.75) is 25.7 Å². The first-order valence-electron chi connectivity index (χ1n) is 6.21. The Kier molecular flexibility index (Phi) is 4.03. The molecule has 0 amide bonds. The average Bonchev–Trinajstić information content (AvgIpc) is 2.41. The molecular formula is C15H18O3. The third-order valence-electron chi connectivity index (χ3n) is 3.24. The maximum absolute atomic E-state index is 11.8. The first-order valence-corrected chi connectivity index (χ1v) is 6.21. The molecule has 0 unspecified atom stereocenters. The molecule has 1 aromatic rings. The Morgan fingerprint density at radius 1 is 1.06 bits per heavy atom. The van der Waals surface area contributed by atoms with E-state index in [-0.39, 0.29) is 5.78 Å². The summed E-state index contributed by atoms with van der Waals surface area (Å²) in [5, 5.41) is 0. The third kappa shape index (κ3) is 2.55. The summed E-state index contributed by atoms with van der Waals surface area (Å²) in [6, 6.07) is 5.63. The van der Waals surface area contributed by atoms with Gasteiger partial charge in [0.05, 0.1) is 19.8 Å². The van der Waals surface area contributed by atoms with E-state index >= 15 is 0 Å². The van der Waals surface area contributed by atoms with Crippen LogP contribution in [-0.2, 0) is 4.79 Å². The number of carbonyl (C=O) groups excluding carboxylic acids is 1. The van der Waals surface area contributed by atoms with E-state index in [0.717, 1.165) is 41.9 Å². The van der Waals surface area contributed by atoms with Crippen LogP contribution in [0, 0.1) is 0 Å². The molecule has 3 nitrogen and oxygen atoms in total. The molecule has 0 N–H and O–H groups in total. The van der Waals surface area contributed by atoms with Crippen LogP contribution >= 0.6 is 0 Å². The first-order chi connectivity index (χ1) is 8.76. The molecule has 1 aliphatic carbocycles. The standard InChI is InChI=1S/C15H18O3/c1-17-14-8-5-9-15(18-2)12(14)10-11-6-3-4-7-13(11)16/h5,8-10H,3-4,6-7H2,1-2H3/b11-10-. The fourth-order valence-electron chi connectivity index (χ4n) is 2.25. The zero-order valence-corrected chi connectivity index (χ0v) is 10.9. The number of ether oxygens (including phenoxy) is 2. The zero-order valence-electron chi connectivity index (χ0n) is 10.9. The van der Waals surface area contributed by atoms with Crippen LogP contribution < -0.4 is 9.47 Å². The summed E-state index contributed by atoms with van der Waals surface area (Å²) in [4.78, 5) is 11.8. The van der Waals surface area contributed by atoms with Crippen molar-refractivity contribution in [1.29, 1.82) is 0 Å². The molecule has 0 radical (unpaired) electrons. The molecule has 0 aromatic heterocycles. The normalized spacial score (nSPS) is 17.9. The van der Waals surface area contributed by atoms with Crippen molar-refractivity contribution in [3.8, 4) is 11.5 Å². The fourth-order valence-corrected chi connectivity index (χ4v) is 2.25. The van der Waals surface area contributed by atoms with Gasteiger partial charge in [-0.3, -0.25) is 4.79 Å². The summed E-state index contributed by atoms with van der Waals surface area (Å²) in [6.45, 7) is 0. The summed E-state index contributed by atoms with van der Waals surface area (Å²) in [5.74, 6) is 1.72. The Bertz CT molecular complexity index is 452. The van der Waals surface area contributed by atoms with Crippen LogP contribution in [0.1, 0.15) is 31.2 Å². The number of methoxy groups -OCH3 is 2. The predicted octanol–water partition coefficient (Wildman–Crippen LogP) is 3.23. The SMILES string of the molecule is COc1cccc(OC)c1/C=C1/CCCCC1=O. The number of hydrogen-bond donors (Lipinski definition) is 0. The summed E-state index contributed by atoms with van der Waals surface area (Å²) >= 11 is 0. The van der Waals surface area contributed by atoms with Crippen LogP contribution in [0.2, 0.25) is 0 Å². The van der Waals surface area contributed by atoms with E-state index in [0.29, 0.717) is 6.42 Å². The molecule has 0 saturated heterocycles. The number of Topliss-reactive ketones (excluding diaryl/α,β-unsaturated/α-hetero) is 1. The van der Waals surface area contributed by atoms with Gasteiger partial charge in [-0.15, -0.1) is 0 Å². The Morgan fingerprint density at radius 2 is 1.67 bits per heavy atom. The lowest BCUT2D eigenvalue weighted by molar-refractivity contribution is -0.116. The molecule has 0 aliphatic heterocycles. The van der Waals surface area contributed by atoms with E-state index in [4.69, 9.17) is 9.47 Å². The maximum atomic E-state index is 11.8. The Hall–Kier alpha value is -1.77. The Balaban J connectivity index is 2.43. The Morgan fingerprint density at radius 3 is 2.22 bits per heavy atom. The highest BCUT2D eigenvalue weighted by molar-refractivity contribution is 6.00. The predicted molar refractivity (Wildman–Crippen MR) is 71.0 cm³/mol. The minimum atomic E-state index is 0.245.